The Labute approximate surface area is 115 Å². The number of rotatable bonds is 5. The van der Waals surface area contributed by atoms with E-state index >= 15 is 0 Å². The molecule has 2 aromatic rings. The van der Waals surface area contributed by atoms with Crippen molar-refractivity contribution in [3.8, 4) is 0 Å². The van der Waals surface area contributed by atoms with Gasteiger partial charge in [0.25, 0.3) is 0 Å². The van der Waals surface area contributed by atoms with Crippen LogP contribution in [0.2, 0.25) is 0 Å². The molecule has 3 nitrogen and oxygen atoms in total. The van der Waals surface area contributed by atoms with Crippen molar-refractivity contribution in [3.63, 3.8) is 0 Å². The molecule has 0 radical (unpaired) electrons. The third-order valence-electron chi connectivity index (χ3n) is 4.38. The van der Waals surface area contributed by atoms with Crippen LogP contribution in [0.3, 0.4) is 0 Å². The maximum atomic E-state index is 6.03. The zero-order valence-electron chi connectivity index (χ0n) is 12.5. The minimum Gasteiger partial charge on any atom is -0.459 e. The van der Waals surface area contributed by atoms with Crippen LogP contribution in [0.5, 0.6) is 0 Å². The maximum Gasteiger partial charge on any atom is 0.134 e. The van der Waals surface area contributed by atoms with Gasteiger partial charge in [0, 0.05) is 10.9 Å². The Morgan fingerprint density at radius 2 is 2.00 bits per heavy atom. The minimum absolute atomic E-state index is 0.0165. The molecule has 0 aliphatic carbocycles. The van der Waals surface area contributed by atoms with Crippen LogP contribution < -0.4 is 5.32 Å². The average Bonchev–Trinajstić information content (AvgIpc) is 2.82. The quantitative estimate of drug-likeness (QED) is 0.893. The van der Waals surface area contributed by atoms with Crippen molar-refractivity contribution in [1.82, 2.24) is 10.2 Å². The molecule has 0 aliphatic rings. The van der Waals surface area contributed by atoms with Gasteiger partial charge in [0.2, 0.25) is 0 Å². The van der Waals surface area contributed by atoms with E-state index in [9.17, 15) is 0 Å². The molecule has 19 heavy (non-hydrogen) atoms. The van der Waals surface area contributed by atoms with Crippen LogP contribution in [0.15, 0.2) is 34.7 Å². The molecule has 2 unspecified atom stereocenters. The largest absolute Gasteiger partial charge is 0.459 e. The van der Waals surface area contributed by atoms with Gasteiger partial charge in [-0.05, 0) is 46.6 Å². The van der Waals surface area contributed by atoms with Crippen LogP contribution in [-0.2, 0) is 0 Å². The van der Waals surface area contributed by atoms with Crippen molar-refractivity contribution in [2.24, 2.45) is 0 Å². The van der Waals surface area contributed by atoms with Gasteiger partial charge < -0.3 is 14.6 Å². The Hall–Kier alpha value is -1.32. The Morgan fingerprint density at radius 3 is 2.53 bits per heavy atom. The summed E-state index contributed by atoms with van der Waals surface area (Å²) < 4.78 is 6.03. The van der Waals surface area contributed by atoms with E-state index in [4.69, 9.17) is 4.42 Å². The van der Waals surface area contributed by atoms with Crippen molar-refractivity contribution in [3.05, 3.63) is 36.1 Å². The molecule has 3 heteroatoms. The highest BCUT2D eigenvalue weighted by atomic mass is 16.3. The Morgan fingerprint density at radius 1 is 1.32 bits per heavy atom. The van der Waals surface area contributed by atoms with Crippen LogP contribution in [0, 0.1) is 0 Å². The van der Waals surface area contributed by atoms with Crippen LogP contribution >= 0.6 is 0 Å². The average molecular weight is 260 g/mol. The number of furan rings is 1. The summed E-state index contributed by atoms with van der Waals surface area (Å²) in [6.07, 6.45) is 1.04. The molecule has 1 aromatic heterocycles. The van der Waals surface area contributed by atoms with Gasteiger partial charge in [-0.3, -0.25) is 0 Å². The van der Waals surface area contributed by atoms with Gasteiger partial charge in [0.15, 0.2) is 0 Å². The number of fused-ring (bicyclic) bond motifs is 1. The van der Waals surface area contributed by atoms with Crippen LogP contribution in [-0.4, -0.2) is 31.6 Å². The molecule has 1 N–H and O–H groups in total. The van der Waals surface area contributed by atoms with Gasteiger partial charge in [-0.15, -0.1) is 0 Å². The summed E-state index contributed by atoms with van der Waals surface area (Å²) in [4.78, 5) is 2.27. The Kier molecular flexibility index (Phi) is 3.97. The first-order valence-corrected chi connectivity index (χ1v) is 6.86. The van der Waals surface area contributed by atoms with Crippen LogP contribution in [0.25, 0.3) is 11.0 Å². The van der Waals surface area contributed by atoms with E-state index in [1.807, 2.05) is 25.2 Å². The van der Waals surface area contributed by atoms with Crippen molar-refractivity contribution in [1.29, 1.82) is 0 Å². The van der Waals surface area contributed by atoms with Crippen molar-refractivity contribution < 1.29 is 4.42 Å². The summed E-state index contributed by atoms with van der Waals surface area (Å²) in [5.74, 6) is 1.00. The summed E-state index contributed by atoms with van der Waals surface area (Å²) in [5, 5.41) is 4.58. The number of benzene rings is 1. The fourth-order valence-corrected chi connectivity index (χ4v) is 2.68. The lowest BCUT2D eigenvalue weighted by Gasteiger charge is -2.41. The van der Waals surface area contributed by atoms with E-state index in [-0.39, 0.29) is 11.6 Å². The van der Waals surface area contributed by atoms with Crippen molar-refractivity contribution in [2.45, 2.75) is 31.8 Å². The van der Waals surface area contributed by atoms with Gasteiger partial charge in [0.05, 0.1) is 6.04 Å². The van der Waals surface area contributed by atoms with E-state index in [1.54, 1.807) is 0 Å². The summed E-state index contributed by atoms with van der Waals surface area (Å²) >= 11 is 0. The van der Waals surface area contributed by atoms with Crippen molar-refractivity contribution >= 4 is 11.0 Å². The highest BCUT2D eigenvalue weighted by molar-refractivity contribution is 5.77. The second kappa shape index (κ2) is 5.35. The van der Waals surface area contributed by atoms with Gasteiger partial charge in [-0.1, -0.05) is 25.1 Å². The number of hydrogen-bond donors (Lipinski definition) is 1. The Balaban J connectivity index is 2.46. The number of nitrogens with one attached hydrogen (secondary N) is 1. The summed E-state index contributed by atoms with van der Waals surface area (Å²) in [7, 11) is 6.24. The van der Waals surface area contributed by atoms with E-state index < -0.39 is 0 Å². The van der Waals surface area contributed by atoms with Gasteiger partial charge in [0.1, 0.15) is 11.3 Å². The predicted octanol–water partition coefficient (Wildman–Crippen LogP) is 3.42. The molecule has 0 spiro atoms. The molecule has 0 fully saturated rings. The van der Waals surface area contributed by atoms with E-state index in [0.717, 1.165) is 23.2 Å². The second-order valence-corrected chi connectivity index (χ2v) is 5.51. The van der Waals surface area contributed by atoms with E-state index in [2.05, 4.69) is 50.3 Å². The highest BCUT2D eigenvalue weighted by Crippen LogP contribution is 2.35. The SMILES string of the molecule is CCC(C)(C(NC)c1cc2ccccc2o1)N(C)C. The number of likely N-dealkylation sites (N-methyl/N-ethyl adjacent to an activating group) is 2. The molecule has 0 amide bonds. The molecular formula is C16H24N2O. The lowest BCUT2D eigenvalue weighted by atomic mass is 9.86. The molecule has 0 bridgehead atoms. The normalized spacial score (nSPS) is 16.7. The zero-order valence-corrected chi connectivity index (χ0v) is 12.5. The smallest absolute Gasteiger partial charge is 0.134 e. The van der Waals surface area contributed by atoms with E-state index in [1.165, 1.54) is 0 Å². The number of nitrogens with zero attached hydrogens (tertiary/aromatic N) is 1. The zero-order chi connectivity index (χ0) is 14.0. The fraction of sp³-hybridized carbons (Fsp3) is 0.500. The molecule has 0 aliphatic heterocycles. The molecule has 104 valence electrons. The fourth-order valence-electron chi connectivity index (χ4n) is 2.68. The van der Waals surface area contributed by atoms with Gasteiger partial charge in [-0.25, -0.2) is 0 Å². The molecule has 1 heterocycles. The Bertz CT molecular complexity index is 513. The predicted molar refractivity (Wildman–Crippen MR) is 80.4 cm³/mol. The van der Waals surface area contributed by atoms with Crippen LogP contribution in [0.1, 0.15) is 32.1 Å². The first kappa shape index (κ1) is 14.1. The molecule has 2 atom stereocenters. The number of para-hydroxylation sites is 1. The topological polar surface area (TPSA) is 28.4 Å². The highest BCUT2D eigenvalue weighted by Gasteiger charge is 2.36. The molecule has 0 saturated heterocycles. The van der Waals surface area contributed by atoms with Gasteiger partial charge >= 0.3 is 0 Å². The molecular weight excluding hydrogens is 236 g/mol. The molecule has 0 saturated carbocycles. The standard InChI is InChI=1S/C16H24N2O/c1-6-16(2,18(4)5)15(17-3)14-11-12-9-7-8-10-13(12)19-14/h7-11,15,17H,6H2,1-5H3. The first-order valence-electron chi connectivity index (χ1n) is 6.86. The molecule has 2 rings (SSSR count). The second-order valence-electron chi connectivity index (χ2n) is 5.51. The third kappa shape index (κ3) is 2.40. The van der Waals surface area contributed by atoms with E-state index in [0.29, 0.717) is 0 Å². The molecule has 1 aromatic carbocycles. The summed E-state index contributed by atoms with van der Waals surface area (Å²) in [6, 6.07) is 10.5. The first-order chi connectivity index (χ1) is 9.02. The van der Waals surface area contributed by atoms with Crippen LogP contribution in [0.4, 0.5) is 0 Å². The van der Waals surface area contributed by atoms with Gasteiger partial charge in [-0.2, -0.15) is 0 Å². The minimum atomic E-state index is 0.0165. The lowest BCUT2D eigenvalue weighted by molar-refractivity contribution is 0.106. The summed E-state index contributed by atoms with van der Waals surface area (Å²) in [5.41, 5.74) is 0.970. The summed E-state index contributed by atoms with van der Waals surface area (Å²) in [6.45, 7) is 4.48. The number of hydrogen-bond acceptors (Lipinski definition) is 3. The lowest BCUT2D eigenvalue weighted by Crippen LogP contribution is -2.50. The third-order valence-corrected chi connectivity index (χ3v) is 4.38. The monoisotopic (exact) mass is 260 g/mol. The van der Waals surface area contributed by atoms with Crippen molar-refractivity contribution in [2.75, 3.05) is 21.1 Å². The maximum absolute atomic E-state index is 6.03.